The van der Waals surface area contributed by atoms with Gasteiger partial charge in [-0.1, -0.05) is 91.0 Å². The number of hydrogen-bond donors (Lipinski definition) is 3. The molecule has 5 nitrogen and oxygen atoms in total. The lowest BCUT2D eigenvalue weighted by molar-refractivity contribution is -0.129. The summed E-state index contributed by atoms with van der Waals surface area (Å²) < 4.78 is 0. The third kappa shape index (κ3) is 5.78. The van der Waals surface area contributed by atoms with Crippen molar-refractivity contribution in [1.29, 1.82) is 0 Å². The zero-order valence-electron chi connectivity index (χ0n) is 17.0. The van der Waals surface area contributed by atoms with Gasteiger partial charge in [-0.25, -0.2) is 0 Å². The number of benzene rings is 3. The van der Waals surface area contributed by atoms with Crippen molar-refractivity contribution >= 4 is 11.8 Å². The van der Waals surface area contributed by atoms with Crippen LogP contribution in [0.1, 0.15) is 29.7 Å². The Labute approximate surface area is 177 Å². The second-order valence-electron chi connectivity index (χ2n) is 7.30. The lowest BCUT2D eigenvalue weighted by Gasteiger charge is -2.25. The highest BCUT2D eigenvalue weighted by Crippen LogP contribution is 2.22. The van der Waals surface area contributed by atoms with Crippen LogP contribution < -0.4 is 16.4 Å². The molecule has 154 valence electrons. The van der Waals surface area contributed by atoms with Crippen molar-refractivity contribution in [1.82, 2.24) is 10.6 Å². The van der Waals surface area contributed by atoms with Crippen LogP contribution in [0.2, 0.25) is 0 Å². The van der Waals surface area contributed by atoms with Gasteiger partial charge in [-0.3, -0.25) is 9.59 Å². The van der Waals surface area contributed by atoms with Gasteiger partial charge in [0.15, 0.2) is 0 Å². The van der Waals surface area contributed by atoms with Crippen LogP contribution in [0, 0.1) is 0 Å². The first-order valence-electron chi connectivity index (χ1n) is 10.0. The molecule has 0 bridgehead atoms. The zero-order valence-corrected chi connectivity index (χ0v) is 17.0. The number of rotatable bonds is 8. The maximum atomic E-state index is 13.3. The molecule has 4 N–H and O–H groups in total. The third-order valence-corrected chi connectivity index (χ3v) is 4.88. The molecule has 3 aromatic carbocycles. The number of hydrogen-bond acceptors (Lipinski definition) is 3. The summed E-state index contributed by atoms with van der Waals surface area (Å²) in [6.45, 7) is 1.60. The van der Waals surface area contributed by atoms with Gasteiger partial charge < -0.3 is 16.4 Å². The van der Waals surface area contributed by atoms with E-state index in [1.54, 1.807) is 6.92 Å². The fourth-order valence-corrected chi connectivity index (χ4v) is 3.26. The van der Waals surface area contributed by atoms with E-state index in [0.717, 1.165) is 16.7 Å². The minimum Gasteiger partial charge on any atom is -0.343 e. The van der Waals surface area contributed by atoms with E-state index in [0.29, 0.717) is 6.42 Å². The monoisotopic (exact) mass is 401 g/mol. The Bertz CT molecular complexity index is 904. The Morgan fingerprint density at radius 2 is 1.20 bits per heavy atom. The second kappa shape index (κ2) is 10.4. The van der Waals surface area contributed by atoms with Crippen LogP contribution in [0.25, 0.3) is 0 Å². The summed E-state index contributed by atoms with van der Waals surface area (Å²) in [5, 5.41) is 5.92. The highest BCUT2D eigenvalue weighted by Gasteiger charge is 2.26. The van der Waals surface area contributed by atoms with Crippen LogP contribution in [-0.2, 0) is 16.0 Å². The molecule has 0 saturated carbocycles. The first-order valence-corrected chi connectivity index (χ1v) is 10.0. The molecule has 0 spiro atoms. The van der Waals surface area contributed by atoms with E-state index < -0.39 is 12.1 Å². The van der Waals surface area contributed by atoms with Gasteiger partial charge >= 0.3 is 0 Å². The lowest BCUT2D eigenvalue weighted by Crippen LogP contribution is -2.52. The molecular formula is C25H27N3O2. The summed E-state index contributed by atoms with van der Waals surface area (Å²) in [4.78, 5) is 25.6. The summed E-state index contributed by atoms with van der Waals surface area (Å²) in [6, 6.07) is 27.4. The second-order valence-corrected chi connectivity index (χ2v) is 7.30. The maximum absolute atomic E-state index is 13.3. The van der Waals surface area contributed by atoms with Gasteiger partial charge in [0.2, 0.25) is 11.8 Å². The average molecular weight is 402 g/mol. The van der Waals surface area contributed by atoms with Crippen molar-refractivity contribution in [3.63, 3.8) is 0 Å². The number of nitrogens with two attached hydrogens (primary N) is 1. The maximum Gasteiger partial charge on any atom is 0.243 e. The van der Waals surface area contributed by atoms with Crippen molar-refractivity contribution in [3.05, 3.63) is 108 Å². The molecule has 0 unspecified atom stereocenters. The molecule has 0 radical (unpaired) electrons. The van der Waals surface area contributed by atoms with Gasteiger partial charge in [0.1, 0.15) is 6.04 Å². The SMILES string of the molecule is C[C@H](N)C(=O)N[C@@H](Cc1ccccc1)C(=O)NC(c1ccccc1)c1ccccc1. The quantitative estimate of drug-likeness (QED) is 0.543. The van der Waals surface area contributed by atoms with Gasteiger partial charge in [0, 0.05) is 6.42 Å². The highest BCUT2D eigenvalue weighted by molar-refractivity contribution is 5.90. The van der Waals surface area contributed by atoms with E-state index in [9.17, 15) is 9.59 Å². The van der Waals surface area contributed by atoms with E-state index in [2.05, 4.69) is 10.6 Å². The lowest BCUT2D eigenvalue weighted by atomic mass is 9.97. The minimum absolute atomic E-state index is 0.259. The Morgan fingerprint density at radius 1 is 0.733 bits per heavy atom. The van der Waals surface area contributed by atoms with Crippen LogP contribution in [0.15, 0.2) is 91.0 Å². The van der Waals surface area contributed by atoms with Crippen molar-refractivity contribution < 1.29 is 9.59 Å². The molecule has 0 aliphatic heterocycles. The molecule has 0 aliphatic carbocycles. The molecule has 0 aromatic heterocycles. The predicted octanol–water partition coefficient (Wildman–Crippen LogP) is 2.97. The van der Waals surface area contributed by atoms with Crippen LogP contribution in [0.3, 0.4) is 0 Å². The van der Waals surface area contributed by atoms with Gasteiger partial charge in [-0.05, 0) is 23.6 Å². The molecule has 3 rings (SSSR count). The van der Waals surface area contributed by atoms with Gasteiger partial charge in [0.05, 0.1) is 12.1 Å². The van der Waals surface area contributed by atoms with Gasteiger partial charge in [-0.15, -0.1) is 0 Å². The van der Waals surface area contributed by atoms with Crippen LogP contribution in [0.4, 0.5) is 0 Å². The number of carbonyl (C=O) groups excluding carboxylic acids is 2. The molecule has 0 saturated heterocycles. The first kappa shape index (κ1) is 21.3. The molecule has 2 atom stereocenters. The van der Waals surface area contributed by atoms with Crippen LogP contribution in [-0.4, -0.2) is 23.9 Å². The Hall–Kier alpha value is -3.44. The minimum atomic E-state index is -0.735. The molecule has 30 heavy (non-hydrogen) atoms. The van der Waals surface area contributed by atoms with Gasteiger partial charge in [-0.2, -0.15) is 0 Å². The summed E-state index contributed by atoms with van der Waals surface area (Å²) in [5.74, 6) is -0.618. The summed E-state index contributed by atoms with van der Waals surface area (Å²) >= 11 is 0. The first-order chi connectivity index (χ1) is 14.5. The number of nitrogens with one attached hydrogen (secondary N) is 2. The summed E-state index contributed by atoms with van der Waals surface area (Å²) in [6.07, 6.45) is 0.376. The standard InChI is InChI=1S/C25H27N3O2/c1-18(26)24(29)27-22(17-19-11-5-2-6-12-19)25(30)28-23(20-13-7-3-8-14-20)21-15-9-4-10-16-21/h2-16,18,22-23H,17,26H2,1H3,(H,27,29)(H,28,30)/t18-,22-/m0/s1. The Balaban J connectivity index is 1.86. The Morgan fingerprint density at radius 3 is 1.67 bits per heavy atom. The highest BCUT2D eigenvalue weighted by atomic mass is 16.2. The molecular weight excluding hydrogens is 374 g/mol. The molecule has 0 fully saturated rings. The average Bonchev–Trinajstić information content (AvgIpc) is 2.78. The number of amides is 2. The summed E-state index contributed by atoms with van der Waals surface area (Å²) in [5.41, 5.74) is 8.61. The molecule has 2 amide bonds. The normalized spacial score (nSPS) is 12.8. The largest absolute Gasteiger partial charge is 0.343 e. The van der Waals surface area contributed by atoms with Crippen LogP contribution in [0.5, 0.6) is 0 Å². The van der Waals surface area contributed by atoms with E-state index in [-0.39, 0.29) is 17.9 Å². The predicted molar refractivity (Wildman–Crippen MR) is 119 cm³/mol. The van der Waals surface area contributed by atoms with E-state index in [1.165, 1.54) is 0 Å². The Kier molecular flexibility index (Phi) is 7.35. The zero-order chi connectivity index (χ0) is 21.3. The molecule has 0 heterocycles. The van der Waals surface area contributed by atoms with Crippen molar-refractivity contribution in [2.24, 2.45) is 5.73 Å². The molecule has 3 aromatic rings. The van der Waals surface area contributed by atoms with E-state index in [4.69, 9.17) is 5.73 Å². The fourth-order valence-electron chi connectivity index (χ4n) is 3.26. The van der Waals surface area contributed by atoms with E-state index in [1.807, 2.05) is 91.0 Å². The van der Waals surface area contributed by atoms with Crippen molar-refractivity contribution in [2.75, 3.05) is 0 Å². The van der Waals surface area contributed by atoms with Crippen LogP contribution >= 0.6 is 0 Å². The van der Waals surface area contributed by atoms with Crippen molar-refractivity contribution in [3.8, 4) is 0 Å². The topological polar surface area (TPSA) is 84.2 Å². The molecule has 0 aliphatic rings. The van der Waals surface area contributed by atoms with Crippen molar-refractivity contribution in [2.45, 2.75) is 31.5 Å². The molecule has 5 heteroatoms. The third-order valence-electron chi connectivity index (χ3n) is 4.88. The smallest absolute Gasteiger partial charge is 0.243 e. The number of carbonyl (C=O) groups is 2. The summed E-state index contributed by atoms with van der Waals surface area (Å²) in [7, 11) is 0. The van der Waals surface area contributed by atoms with E-state index >= 15 is 0 Å². The fraction of sp³-hybridized carbons (Fsp3) is 0.200. The van der Waals surface area contributed by atoms with Gasteiger partial charge in [0.25, 0.3) is 0 Å².